The first-order valence-corrected chi connectivity index (χ1v) is 11.1. The van der Waals surface area contributed by atoms with Crippen molar-refractivity contribution in [3.63, 3.8) is 0 Å². The average molecular weight is 393 g/mol. The summed E-state index contributed by atoms with van der Waals surface area (Å²) < 4.78 is 26.3. The quantitative estimate of drug-likeness (QED) is 0.700. The van der Waals surface area contributed by atoms with Crippen molar-refractivity contribution in [3.05, 3.63) is 59.7 Å². The van der Waals surface area contributed by atoms with Crippen LogP contribution >= 0.6 is 11.8 Å². The molecule has 7 heteroatoms. The second kappa shape index (κ2) is 9.21. The van der Waals surface area contributed by atoms with Crippen LogP contribution in [0.15, 0.2) is 58.3 Å². The maximum absolute atomic E-state index is 12.5. The second-order valence-electron chi connectivity index (χ2n) is 5.64. The Morgan fingerprint density at radius 1 is 1.00 bits per heavy atom. The van der Waals surface area contributed by atoms with Gasteiger partial charge in [0.1, 0.15) is 0 Å². The van der Waals surface area contributed by atoms with Gasteiger partial charge in [0.2, 0.25) is 10.0 Å². The topological polar surface area (TPSA) is 66.5 Å². The van der Waals surface area contributed by atoms with Crippen LogP contribution in [0.5, 0.6) is 0 Å². The fraction of sp³-hybridized carbons (Fsp3) is 0.316. The largest absolute Gasteiger partial charge is 0.348 e. The van der Waals surface area contributed by atoms with Crippen molar-refractivity contribution in [1.29, 1.82) is 0 Å². The van der Waals surface area contributed by atoms with Gasteiger partial charge in [0.15, 0.2) is 0 Å². The van der Waals surface area contributed by atoms with Gasteiger partial charge in [-0.3, -0.25) is 4.79 Å². The zero-order valence-electron chi connectivity index (χ0n) is 15.2. The molecule has 0 saturated carbocycles. The predicted molar refractivity (Wildman–Crippen MR) is 106 cm³/mol. The molecular weight excluding hydrogens is 368 g/mol. The van der Waals surface area contributed by atoms with Crippen LogP contribution in [0.25, 0.3) is 0 Å². The lowest BCUT2D eigenvalue weighted by Gasteiger charge is -2.18. The Hall–Kier alpha value is -1.83. The first kappa shape index (κ1) is 20.5. The molecule has 0 aliphatic rings. The molecule has 140 valence electrons. The van der Waals surface area contributed by atoms with Gasteiger partial charge in [0.25, 0.3) is 5.91 Å². The van der Waals surface area contributed by atoms with E-state index in [1.165, 1.54) is 4.31 Å². The van der Waals surface area contributed by atoms with Crippen LogP contribution in [0.2, 0.25) is 0 Å². The Morgan fingerprint density at radius 2 is 1.58 bits per heavy atom. The number of carbonyl (C=O) groups is 1. The molecule has 1 N–H and O–H groups in total. The Kier molecular flexibility index (Phi) is 7.25. The third-order valence-electron chi connectivity index (χ3n) is 4.07. The number of thioether (sulfide) groups is 1. The maximum Gasteiger partial charge on any atom is 0.251 e. The molecule has 26 heavy (non-hydrogen) atoms. The summed E-state index contributed by atoms with van der Waals surface area (Å²) in [7, 11) is -3.45. The van der Waals surface area contributed by atoms with Crippen molar-refractivity contribution in [2.24, 2.45) is 0 Å². The van der Waals surface area contributed by atoms with Gasteiger partial charge in [-0.1, -0.05) is 26.0 Å². The number of hydrogen-bond acceptors (Lipinski definition) is 4. The Balaban J connectivity index is 2.01. The Labute approximate surface area is 159 Å². The van der Waals surface area contributed by atoms with Crippen LogP contribution in [0, 0.1) is 0 Å². The van der Waals surface area contributed by atoms with E-state index < -0.39 is 10.0 Å². The fourth-order valence-corrected chi connectivity index (χ4v) is 4.38. The van der Waals surface area contributed by atoms with Crippen molar-refractivity contribution >= 4 is 27.7 Å². The van der Waals surface area contributed by atoms with E-state index in [-0.39, 0.29) is 10.8 Å². The number of nitrogens with one attached hydrogen (secondary N) is 1. The third kappa shape index (κ3) is 4.87. The zero-order chi connectivity index (χ0) is 19.2. The van der Waals surface area contributed by atoms with Gasteiger partial charge in [-0.2, -0.15) is 4.31 Å². The molecule has 0 heterocycles. The van der Waals surface area contributed by atoms with E-state index in [4.69, 9.17) is 0 Å². The van der Waals surface area contributed by atoms with Crippen molar-refractivity contribution in [3.8, 4) is 0 Å². The van der Waals surface area contributed by atoms with Crippen LogP contribution in [-0.2, 0) is 16.6 Å². The minimum Gasteiger partial charge on any atom is -0.348 e. The number of carbonyl (C=O) groups excluding carboxylic acids is 1. The molecule has 0 unspecified atom stereocenters. The Morgan fingerprint density at radius 3 is 2.08 bits per heavy atom. The number of sulfonamides is 1. The zero-order valence-corrected chi connectivity index (χ0v) is 16.9. The van der Waals surface area contributed by atoms with Crippen LogP contribution in [0.1, 0.15) is 29.8 Å². The van der Waals surface area contributed by atoms with Crippen molar-refractivity contribution in [2.75, 3.05) is 19.3 Å². The van der Waals surface area contributed by atoms with Crippen LogP contribution in [0.3, 0.4) is 0 Å². The molecule has 0 saturated heterocycles. The summed E-state index contributed by atoms with van der Waals surface area (Å²) in [6.07, 6.45) is 1.99. The van der Waals surface area contributed by atoms with Gasteiger partial charge in [0, 0.05) is 30.1 Å². The van der Waals surface area contributed by atoms with E-state index in [1.807, 2.05) is 32.2 Å². The second-order valence-corrected chi connectivity index (χ2v) is 8.46. The molecule has 0 aliphatic heterocycles. The van der Waals surface area contributed by atoms with Crippen molar-refractivity contribution < 1.29 is 13.2 Å². The van der Waals surface area contributed by atoms with E-state index in [2.05, 4.69) is 5.32 Å². The maximum atomic E-state index is 12.5. The molecule has 0 radical (unpaired) electrons. The fourth-order valence-electron chi connectivity index (χ4n) is 2.52. The van der Waals surface area contributed by atoms with E-state index in [1.54, 1.807) is 48.2 Å². The van der Waals surface area contributed by atoms with E-state index >= 15 is 0 Å². The molecular formula is C19H24N2O3S2. The summed E-state index contributed by atoms with van der Waals surface area (Å²) in [6.45, 7) is 4.85. The van der Waals surface area contributed by atoms with E-state index in [9.17, 15) is 13.2 Å². The number of amides is 1. The molecule has 0 fully saturated rings. The lowest BCUT2D eigenvalue weighted by molar-refractivity contribution is 0.0951. The van der Waals surface area contributed by atoms with Gasteiger partial charge in [-0.05, 0) is 48.2 Å². The summed E-state index contributed by atoms with van der Waals surface area (Å²) in [6, 6.07) is 14.0. The van der Waals surface area contributed by atoms with Gasteiger partial charge in [0.05, 0.1) is 4.90 Å². The van der Waals surface area contributed by atoms with Crippen molar-refractivity contribution in [1.82, 2.24) is 9.62 Å². The summed E-state index contributed by atoms with van der Waals surface area (Å²) in [5.41, 5.74) is 1.45. The smallest absolute Gasteiger partial charge is 0.251 e. The standard InChI is InChI=1S/C19H24N2O3S2/c1-4-21(5-2)26(23,24)18-12-6-15(7-13-18)14-20-19(22)16-8-10-17(25-3)11-9-16/h6-13H,4-5,14H2,1-3H3,(H,20,22). The SMILES string of the molecule is CCN(CC)S(=O)(=O)c1ccc(CNC(=O)c2ccc(SC)cc2)cc1. The molecule has 1 amide bonds. The minimum atomic E-state index is -3.45. The lowest BCUT2D eigenvalue weighted by Crippen LogP contribution is -2.30. The minimum absolute atomic E-state index is 0.155. The molecule has 2 aromatic carbocycles. The number of nitrogens with zero attached hydrogens (tertiary/aromatic N) is 1. The van der Waals surface area contributed by atoms with Gasteiger partial charge in [-0.25, -0.2) is 8.42 Å². The normalized spacial score (nSPS) is 11.5. The predicted octanol–water partition coefficient (Wildman–Crippen LogP) is 3.37. The summed E-state index contributed by atoms with van der Waals surface area (Å²) in [4.78, 5) is 13.6. The molecule has 0 spiro atoms. The average Bonchev–Trinajstić information content (AvgIpc) is 2.67. The lowest BCUT2D eigenvalue weighted by atomic mass is 10.2. The first-order chi connectivity index (χ1) is 12.4. The van der Waals surface area contributed by atoms with E-state index in [0.717, 1.165) is 10.5 Å². The highest BCUT2D eigenvalue weighted by Gasteiger charge is 2.21. The number of hydrogen-bond donors (Lipinski definition) is 1. The monoisotopic (exact) mass is 392 g/mol. The molecule has 0 aromatic heterocycles. The number of rotatable bonds is 8. The van der Waals surface area contributed by atoms with E-state index in [0.29, 0.717) is 25.2 Å². The highest BCUT2D eigenvalue weighted by molar-refractivity contribution is 7.98. The van der Waals surface area contributed by atoms with Crippen LogP contribution in [0.4, 0.5) is 0 Å². The van der Waals surface area contributed by atoms with Gasteiger partial charge < -0.3 is 5.32 Å². The summed E-state index contributed by atoms with van der Waals surface area (Å²) >= 11 is 1.62. The number of benzene rings is 2. The van der Waals surface area contributed by atoms with Crippen LogP contribution in [-0.4, -0.2) is 38.0 Å². The Bertz CT molecular complexity index is 828. The third-order valence-corrected chi connectivity index (χ3v) is 6.88. The van der Waals surface area contributed by atoms with Crippen LogP contribution < -0.4 is 5.32 Å². The molecule has 2 rings (SSSR count). The molecule has 2 aromatic rings. The summed E-state index contributed by atoms with van der Waals surface area (Å²) in [5.74, 6) is -0.155. The first-order valence-electron chi connectivity index (χ1n) is 8.43. The highest BCUT2D eigenvalue weighted by atomic mass is 32.2. The highest BCUT2D eigenvalue weighted by Crippen LogP contribution is 2.17. The van der Waals surface area contributed by atoms with Gasteiger partial charge >= 0.3 is 0 Å². The van der Waals surface area contributed by atoms with Crippen molar-refractivity contribution in [2.45, 2.75) is 30.2 Å². The molecule has 5 nitrogen and oxygen atoms in total. The van der Waals surface area contributed by atoms with Gasteiger partial charge in [-0.15, -0.1) is 11.8 Å². The summed E-state index contributed by atoms with van der Waals surface area (Å²) in [5, 5.41) is 2.85. The molecule has 0 aliphatic carbocycles. The molecule has 0 bridgehead atoms. The molecule has 0 atom stereocenters.